The Hall–Kier alpha value is -2.06. The Kier molecular flexibility index (Phi) is 4.81. The first-order chi connectivity index (χ1) is 10.0. The van der Waals surface area contributed by atoms with E-state index in [0.717, 1.165) is 0 Å². The van der Waals surface area contributed by atoms with Gasteiger partial charge in [0.05, 0.1) is 11.7 Å². The number of nitriles is 1. The fourth-order valence-electron chi connectivity index (χ4n) is 2.39. The van der Waals surface area contributed by atoms with Crippen LogP contribution >= 0.6 is 0 Å². The first-order valence-corrected chi connectivity index (χ1v) is 7.15. The molecule has 2 rings (SSSR count). The largest absolute Gasteiger partial charge is 0.479 e. The minimum absolute atomic E-state index is 0.0259. The van der Waals surface area contributed by atoms with Crippen LogP contribution in [-0.4, -0.2) is 41.2 Å². The molecule has 2 atom stereocenters. The van der Waals surface area contributed by atoms with Crippen LogP contribution in [0.5, 0.6) is 5.75 Å². The minimum atomic E-state index is -0.648. The third-order valence-electron chi connectivity index (χ3n) is 3.59. The fraction of sp³-hybridized carbons (Fsp3) is 0.500. The SMILES string of the molecule is CC(C)C(Oc1ccccc1C#N)C(=O)N1CC[C@@H](O)C1. The molecule has 1 amide bonds. The van der Waals surface area contributed by atoms with Crippen molar-refractivity contribution in [2.75, 3.05) is 13.1 Å². The van der Waals surface area contributed by atoms with Crippen molar-refractivity contribution in [3.8, 4) is 11.8 Å². The van der Waals surface area contributed by atoms with Gasteiger partial charge in [0, 0.05) is 13.1 Å². The van der Waals surface area contributed by atoms with Gasteiger partial charge in [-0.1, -0.05) is 26.0 Å². The fourth-order valence-corrected chi connectivity index (χ4v) is 2.39. The van der Waals surface area contributed by atoms with Crippen LogP contribution in [0.1, 0.15) is 25.8 Å². The topological polar surface area (TPSA) is 73.6 Å². The van der Waals surface area contributed by atoms with Gasteiger partial charge < -0.3 is 14.7 Å². The van der Waals surface area contributed by atoms with Gasteiger partial charge in [-0.2, -0.15) is 5.26 Å². The highest BCUT2D eigenvalue weighted by Crippen LogP contribution is 2.23. The van der Waals surface area contributed by atoms with Crippen LogP contribution in [0.2, 0.25) is 0 Å². The van der Waals surface area contributed by atoms with Crippen molar-refractivity contribution in [2.24, 2.45) is 5.92 Å². The van der Waals surface area contributed by atoms with Crippen molar-refractivity contribution in [1.82, 2.24) is 4.90 Å². The third-order valence-corrected chi connectivity index (χ3v) is 3.59. The standard InChI is InChI=1S/C16H20N2O3/c1-11(2)15(16(20)18-8-7-13(19)10-18)21-14-6-4-3-5-12(14)9-17/h3-6,11,13,15,19H,7-8,10H2,1-2H3/t13-,15?/m1/s1. The molecule has 5 heteroatoms. The molecule has 0 radical (unpaired) electrons. The number of β-amino-alcohol motifs (C(OH)–C–C–N with tert-alkyl or cyclic N) is 1. The summed E-state index contributed by atoms with van der Waals surface area (Å²) < 4.78 is 5.81. The number of aliphatic hydroxyl groups is 1. The van der Waals surface area contributed by atoms with E-state index in [-0.39, 0.29) is 11.8 Å². The van der Waals surface area contributed by atoms with Crippen molar-refractivity contribution < 1.29 is 14.6 Å². The molecule has 1 fully saturated rings. The average molecular weight is 288 g/mol. The van der Waals surface area contributed by atoms with Gasteiger partial charge in [-0.3, -0.25) is 4.79 Å². The smallest absolute Gasteiger partial charge is 0.264 e. The van der Waals surface area contributed by atoms with Crippen LogP contribution in [0.3, 0.4) is 0 Å². The highest BCUT2D eigenvalue weighted by atomic mass is 16.5. The van der Waals surface area contributed by atoms with Crippen LogP contribution in [0.25, 0.3) is 0 Å². The van der Waals surface area contributed by atoms with Crippen LogP contribution in [0, 0.1) is 17.2 Å². The van der Waals surface area contributed by atoms with E-state index >= 15 is 0 Å². The molecule has 0 saturated carbocycles. The van der Waals surface area contributed by atoms with Gasteiger partial charge >= 0.3 is 0 Å². The number of hydrogen-bond acceptors (Lipinski definition) is 4. The minimum Gasteiger partial charge on any atom is -0.479 e. The zero-order chi connectivity index (χ0) is 15.4. The summed E-state index contributed by atoms with van der Waals surface area (Å²) in [6.45, 7) is 4.71. The molecule has 0 bridgehead atoms. The van der Waals surface area contributed by atoms with Gasteiger partial charge in [0.25, 0.3) is 5.91 Å². The zero-order valence-electron chi connectivity index (χ0n) is 12.3. The van der Waals surface area contributed by atoms with E-state index in [2.05, 4.69) is 6.07 Å². The zero-order valence-corrected chi connectivity index (χ0v) is 12.3. The number of carbonyl (C=O) groups is 1. The molecular weight excluding hydrogens is 268 g/mol. The molecule has 0 spiro atoms. The lowest BCUT2D eigenvalue weighted by molar-refractivity contribution is -0.140. The Bertz CT molecular complexity index is 551. The van der Waals surface area contributed by atoms with Gasteiger partial charge in [-0.15, -0.1) is 0 Å². The third kappa shape index (κ3) is 3.53. The van der Waals surface area contributed by atoms with Crippen molar-refractivity contribution in [2.45, 2.75) is 32.5 Å². The van der Waals surface area contributed by atoms with Gasteiger partial charge in [-0.05, 0) is 24.5 Å². The predicted octanol–water partition coefficient (Wildman–Crippen LogP) is 1.55. The van der Waals surface area contributed by atoms with Gasteiger partial charge in [0.15, 0.2) is 6.10 Å². The van der Waals surface area contributed by atoms with E-state index in [1.807, 2.05) is 13.8 Å². The lowest BCUT2D eigenvalue weighted by atomic mass is 10.1. The first kappa shape index (κ1) is 15.3. The second kappa shape index (κ2) is 6.59. The van der Waals surface area contributed by atoms with E-state index < -0.39 is 12.2 Å². The summed E-state index contributed by atoms with van der Waals surface area (Å²) in [5.74, 6) is 0.267. The van der Waals surface area contributed by atoms with E-state index in [4.69, 9.17) is 10.00 Å². The van der Waals surface area contributed by atoms with Crippen molar-refractivity contribution in [3.63, 3.8) is 0 Å². The molecule has 0 aliphatic carbocycles. The Labute approximate surface area is 124 Å². The number of carbonyl (C=O) groups excluding carboxylic acids is 1. The van der Waals surface area contributed by atoms with Gasteiger partial charge in [0.1, 0.15) is 11.8 Å². The van der Waals surface area contributed by atoms with E-state index in [1.165, 1.54) is 0 Å². The number of hydrogen-bond donors (Lipinski definition) is 1. The maximum atomic E-state index is 12.5. The summed E-state index contributed by atoms with van der Waals surface area (Å²) >= 11 is 0. The number of rotatable bonds is 4. The summed E-state index contributed by atoms with van der Waals surface area (Å²) in [5.41, 5.74) is 0.414. The average Bonchev–Trinajstić information content (AvgIpc) is 2.90. The second-order valence-corrected chi connectivity index (χ2v) is 5.62. The number of amides is 1. The van der Waals surface area contributed by atoms with Crippen molar-refractivity contribution >= 4 is 5.91 Å². The number of para-hydroxylation sites is 1. The van der Waals surface area contributed by atoms with Crippen LogP contribution in [0.4, 0.5) is 0 Å². The molecule has 5 nitrogen and oxygen atoms in total. The highest BCUT2D eigenvalue weighted by molar-refractivity contribution is 5.82. The summed E-state index contributed by atoms with van der Waals surface area (Å²) in [6.07, 6.45) is -0.497. The van der Waals surface area contributed by atoms with Gasteiger partial charge in [0.2, 0.25) is 0 Å². The number of benzene rings is 1. The molecule has 1 saturated heterocycles. The molecule has 1 aromatic carbocycles. The van der Waals surface area contributed by atoms with Crippen molar-refractivity contribution in [3.05, 3.63) is 29.8 Å². The maximum absolute atomic E-state index is 12.5. The Morgan fingerprint density at radius 3 is 2.76 bits per heavy atom. The molecule has 1 N–H and O–H groups in total. The van der Waals surface area contributed by atoms with Crippen LogP contribution in [-0.2, 0) is 4.79 Å². The number of likely N-dealkylation sites (tertiary alicyclic amines) is 1. The molecule has 1 aromatic rings. The van der Waals surface area contributed by atoms with E-state index in [9.17, 15) is 9.90 Å². The monoisotopic (exact) mass is 288 g/mol. The molecule has 1 unspecified atom stereocenters. The lowest BCUT2D eigenvalue weighted by Crippen LogP contribution is -2.44. The van der Waals surface area contributed by atoms with E-state index in [0.29, 0.717) is 30.8 Å². The highest BCUT2D eigenvalue weighted by Gasteiger charge is 2.33. The summed E-state index contributed by atoms with van der Waals surface area (Å²) in [6, 6.07) is 8.96. The normalized spacial score (nSPS) is 19.4. The summed E-state index contributed by atoms with van der Waals surface area (Å²) in [4.78, 5) is 14.2. The Balaban J connectivity index is 2.16. The number of aliphatic hydroxyl groups excluding tert-OH is 1. The number of nitrogens with zero attached hydrogens (tertiary/aromatic N) is 2. The van der Waals surface area contributed by atoms with Gasteiger partial charge in [-0.25, -0.2) is 0 Å². The quantitative estimate of drug-likeness (QED) is 0.912. The lowest BCUT2D eigenvalue weighted by Gasteiger charge is -2.26. The van der Waals surface area contributed by atoms with E-state index in [1.54, 1.807) is 29.2 Å². The Morgan fingerprint density at radius 2 is 2.19 bits per heavy atom. The molecule has 0 aromatic heterocycles. The molecule has 1 aliphatic rings. The molecule has 1 heterocycles. The second-order valence-electron chi connectivity index (χ2n) is 5.62. The van der Waals surface area contributed by atoms with Crippen LogP contribution < -0.4 is 4.74 Å². The summed E-state index contributed by atoms with van der Waals surface area (Å²) in [5, 5.41) is 18.7. The first-order valence-electron chi connectivity index (χ1n) is 7.15. The van der Waals surface area contributed by atoms with Crippen molar-refractivity contribution in [1.29, 1.82) is 5.26 Å². The molecule has 21 heavy (non-hydrogen) atoms. The predicted molar refractivity (Wildman–Crippen MR) is 77.6 cm³/mol. The number of ether oxygens (including phenoxy) is 1. The molecular formula is C16H20N2O3. The molecule has 112 valence electrons. The molecule has 1 aliphatic heterocycles. The van der Waals surface area contributed by atoms with Crippen LogP contribution in [0.15, 0.2) is 24.3 Å². The maximum Gasteiger partial charge on any atom is 0.264 e. The summed E-state index contributed by atoms with van der Waals surface area (Å²) in [7, 11) is 0. The Morgan fingerprint density at radius 1 is 1.48 bits per heavy atom.